The third-order valence-electron chi connectivity index (χ3n) is 2.89. The molecule has 0 heterocycles. The van der Waals surface area contributed by atoms with Crippen molar-refractivity contribution in [1.29, 1.82) is 0 Å². The highest BCUT2D eigenvalue weighted by atomic mass is 127. The summed E-state index contributed by atoms with van der Waals surface area (Å²) in [7, 11) is -6.00. The van der Waals surface area contributed by atoms with Crippen LogP contribution in [0.4, 0.5) is 17.3 Å². The molecule has 0 bridgehead atoms. The molecule has 0 aliphatic heterocycles. The van der Waals surface area contributed by atoms with E-state index in [0.29, 0.717) is 0 Å². The molecule has 0 amide bonds. The minimum absolute atomic E-state index is 0.0834. The number of hydrogen-bond donors (Lipinski definition) is 0. The molecule has 1 aromatic rings. The van der Waals surface area contributed by atoms with Gasteiger partial charge < -0.3 is 17.3 Å². The van der Waals surface area contributed by atoms with E-state index in [0.717, 1.165) is 12.3 Å². The number of hydrogen-bond acceptors (Lipinski definition) is 0. The van der Waals surface area contributed by atoms with Crippen molar-refractivity contribution in [2.45, 2.75) is 51.4 Å². The molecule has 0 saturated carbocycles. The first-order chi connectivity index (χ1) is 11.4. The summed E-state index contributed by atoms with van der Waals surface area (Å²) in [6.45, 7) is 0. The van der Waals surface area contributed by atoms with Crippen LogP contribution in [0.5, 0.6) is 0 Å². The van der Waals surface area contributed by atoms with Crippen molar-refractivity contribution in [1.82, 2.24) is 0 Å². The van der Waals surface area contributed by atoms with Crippen LogP contribution in [0.2, 0.25) is 0 Å². The Hall–Kier alpha value is -0.415. The number of rotatable bonds is 9. The van der Waals surface area contributed by atoms with E-state index in [1.807, 2.05) is 0 Å². The summed E-state index contributed by atoms with van der Waals surface area (Å²) in [6, 6.07) is 10.6. The van der Waals surface area contributed by atoms with Crippen molar-refractivity contribution in [2.75, 3.05) is 5.88 Å². The van der Waals surface area contributed by atoms with Crippen molar-refractivity contribution < 1.29 is 38.5 Å². The molecule has 0 aliphatic carbocycles. The van der Waals surface area contributed by atoms with Crippen molar-refractivity contribution in [3.05, 3.63) is 33.9 Å². The maximum absolute atomic E-state index is 9.75. The third-order valence-corrected chi connectivity index (χ3v) is 5.15. The predicted octanol–water partition coefficient (Wildman–Crippen LogP) is 3.57. The number of alkyl halides is 1. The van der Waals surface area contributed by atoms with Crippen LogP contribution in [0.3, 0.4) is 0 Å². The Morgan fingerprint density at radius 1 is 0.833 bits per heavy atom. The summed E-state index contributed by atoms with van der Waals surface area (Å²) < 4.78 is 43.8. The Morgan fingerprint density at radius 3 is 1.88 bits per heavy atom. The molecule has 0 aromatic heterocycles. The van der Waals surface area contributed by atoms with Gasteiger partial charge >= 0.3 is 28.5 Å². The topological polar surface area (TPSA) is 0 Å². The van der Waals surface area contributed by atoms with Crippen molar-refractivity contribution in [3.63, 3.8) is 0 Å². The largest absolute Gasteiger partial charge is 0.673 e. The molecule has 0 atom stereocenters. The SMILES string of the molecule is ClCCCCCCCCCC#C[I+]c1ccccc1.F[B-](F)(F)F. The molecule has 0 radical (unpaired) electrons. The molecule has 136 valence electrons. The van der Waals surface area contributed by atoms with Gasteiger partial charge in [-0.1, -0.05) is 50.3 Å². The lowest BCUT2D eigenvalue weighted by Gasteiger charge is -1.98. The Bertz CT molecular complexity index is 451. The average Bonchev–Trinajstić information content (AvgIpc) is 2.52. The van der Waals surface area contributed by atoms with Crippen LogP contribution in [0.1, 0.15) is 51.4 Å². The van der Waals surface area contributed by atoms with Crippen molar-refractivity contribution >= 4 is 18.9 Å². The van der Waals surface area contributed by atoms with Gasteiger partial charge in [-0.05, 0) is 30.9 Å². The lowest BCUT2D eigenvalue weighted by molar-refractivity contribution is -0.535. The minimum atomic E-state index is -6.00. The third kappa shape index (κ3) is 21.6. The Balaban J connectivity index is 0.000000922. The van der Waals surface area contributed by atoms with Crippen LogP contribution in [0.15, 0.2) is 30.3 Å². The van der Waals surface area contributed by atoms with Crippen LogP contribution in [0, 0.1) is 13.4 Å². The Kier molecular flexibility index (Phi) is 15.8. The van der Waals surface area contributed by atoms with Gasteiger partial charge in [-0.3, -0.25) is 0 Å². The maximum Gasteiger partial charge on any atom is 0.673 e. The quantitative estimate of drug-likeness (QED) is 0.128. The molecular weight excluding hydrogens is 453 g/mol. The molecule has 24 heavy (non-hydrogen) atoms. The fraction of sp³-hybridized carbons (Fsp3) is 0.529. The van der Waals surface area contributed by atoms with Crippen LogP contribution in [0.25, 0.3) is 0 Å². The molecule has 0 unspecified atom stereocenters. The Morgan fingerprint density at radius 2 is 1.33 bits per heavy atom. The average molecular weight is 477 g/mol. The van der Waals surface area contributed by atoms with E-state index in [-0.39, 0.29) is 21.2 Å². The summed E-state index contributed by atoms with van der Waals surface area (Å²) in [6.07, 6.45) is 10.2. The first-order valence-electron chi connectivity index (χ1n) is 8.03. The zero-order valence-electron chi connectivity index (χ0n) is 13.6. The van der Waals surface area contributed by atoms with Crippen molar-refractivity contribution in [2.24, 2.45) is 0 Å². The molecule has 0 fully saturated rings. The normalized spacial score (nSPS) is 10.4. The monoisotopic (exact) mass is 476 g/mol. The summed E-state index contributed by atoms with van der Waals surface area (Å²) >= 11 is 5.56. The summed E-state index contributed by atoms with van der Waals surface area (Å²) in [5.74, 6) is 4.15. The zero-order valence-corrected chi connectivity index (χ0v) is 16.5. The van der Waals surface area contributed by atoms with Crippen LogP contribution < -0.4 is 21.2 Å². The lowest BCUT2D eigenvalue weighted by atomic mass is 10.1. The fourth-order valence-electron chi connectivity index (χ4n) is 1.80. The predicted molar refractivity (Wildman–Crippen MR) is 90.8 cm³/mol. The first-order valence-corrected chi connectivity index (χ1v) is 10.7. The highest BCUT2D eigenvalue weighted by molar-refractivity contribution is 6.50. The zero-order chi connectivity index (χ0) is 18.1. The standard InChI is InChI=1S/C17H23ClI.BF4/c18-15-11-6-4-2-1-3-5-7-12-16-19-17-13-9-8-10-14-17;2-1(3,4)5/h8-10,13-14H,1-7,11,15H2;/q+1;-1. The second kappa shape index (κ2) is 16.1. The molecule has 0 nitrogen and oxygen atoms in total. The lowest BCUT2D eigenvalue weighted by Crippen LogP contribution is -3.59. The molecule has 0 aliphatic rings. The van der Waals surface area contributed by atoms with Gasteiger partial charge in [0, 0.05) is 12.3 Å². The summed E-state index contributed by atoms with van der Waals surface area (Å²) in [4.78, 5) is 0. The number of benzene rings is 1. The maximum atomic E-state index is 9.75. The van der Waals surface area contributed by atoms with Gasteiger partial charge in [0.15, 0.2) is 3.93 Å². The van der Waals surface area contributed by atoms with Gasteiger partial charge in [0.25, 0.3) is 0 Å². The number of halogens is 6. The van der Waals surface area contributed by atoms with Gasteiger partial charge in [0.2, 0.25) is 3.57 Å². The van der Waals surface area contributed by atoms with E-state index >= 15 is 0 Å². The second-order valence-corrected chi connectivity index (χ2v) is 7.77. The highest BCUT2D eigenvalue weighted by Gasteiger charge is 2.20. The van der Waals surface area contributed by atoms with E-state index in [2.05, 4.69) is 40.2 Å². The van der Waals surface area contributed by atoms with E-state index in [1.165, 1.54) is 48.5 Å². The van der Waals surface area contributed by atoms with E-state index in [4.69, 9.17) is 11.6 Å². The van der Waals surface area contributed by atoms with Gasteiger partial charge in [-0.15, -0.1) is 11.6 Å². The second-order valence-electron chi connectivity index (χ2n) is 5.07. The number of unbranched alkanes of at least 4 members (excludes halogenated alkanes) is 7. The van der Waals surface area contributed by atoms with E-state index in [1.54, 1.807) is 0 Å². The van der Waals surface area contributed by atoms with Gasteiger partial charge in [-0.2, -0.15) is 0 Å². The van der Waals surface area contributed by atoms with Crippen LogP contribution >= 0.6 is 11.6 Å². The highest BCUT2D eigenvalue weighted by Crippen LogP contribution is 2.08. The molecule has 1 rings (SSSR count). The molecule has 0 spiro atoms. The van der Waals surface area contributed by atoms with Crippen LogP contribution in [-0.2, 0) is 0 Å². The molecule has 0 N–H and O–H groups in total. The van der Waals surface area contributed by atoms with Gasteiger partial charge in [-0.25, -0.2) is 0 Å². The Labute approximate surface area is 158 Å². The molecular formula is C17H23BClF4I. The van der Waals surface area contributed by atoms with Crippen LogP contribution in [-0.4, -0.2) is 13.1 Å². The summed E-state index contributed by atoms with van der Waals surface area (Å²) in [5.41, 5.74) is 0. The fourth-order valence-corrected chi connectivity index (χ4v) is 3.54. The van der Waals surface area contributed by atoms with Crippen molar-refractivity contribution in [3.8, 4) is 9.85 Å². The van der Waals surface area contributed by atoms with Gasteiger partial charge in [0.05, 0.1) is 0 Å². The van der Waals surface area contributed by atoms with Gasteiger partial charge in [0.1, 0.15) is 0 Å². The minimum Gasteiger partial charge on any atom is -0.418 e. The molecule has 1 aromatic carbocycles. The van der Waals surface area contributed by atoms with E-state index < -0.39 is 7.25 Å². The summed E-state index contributed by atoms with van der Waals surface area (Å²) in [5, 5.41) is 0. The smallest absolute Gasteiger partial charge is 0.418 e. The van der Waals surface area contributed by atoms with E-state index in [9.17, 15) is 17.3 Å². The molecule has 7 heteroatoms. The molecule has 0 saturated heterocycles. The first kappa shape index (κ1) is 23.6.